The SMILES string of the molecule is CNC(=O)[C@H]1CN(Cc2ccccc2)CCN1CC(=O)Nc1cccc2c1CCCC2. The summed E-state index contributed by atoms with van der Waals surface area (Å²) in [6.45, 7) is 3.16. The van der Waals surface area contributed by atoms with Crippen molar-refractivity contribution in [2.45, 2.75) is 38.3 Å². The van der Waals surface area contributed by atoms with Crippen LogP contribution in [-0.2, 0) is 29.0 Å². The smallest absolute Gasteiger partial charge is 0.238 e. The predicted octanol–water partition coefficient (Wildman–Crippen LogP) is 2.44. The number of nitrogens with one attached hydrogen (secondary N) is 2. The van der Waals surface area contributed by atoms with E-state index < -0.39 is 0 Å². The lowest BCUT2D eigenvalue weighted by Crippen LogP contribution is -2.59. The van der Waals surface area contributed by atoms with Crippen molar-refractivity contribution in [1.29, 1.82) is 0 Å². The molecule has 164 valence electrons. The number of benzene rings is 2. The number of aryl methyl sites for hydroxylation is 1. The molecule has 2 aromatic carbocycles. The van der Waals surface area contributed by atoms with E-state index in [1.807, 2.05) is 35.2 Å². The molecule has 1 aliphatic heterocycles. The van der Waals surface area contributed by atoms with Gasteiger partial charge in [-0.2, -0.15) is 0 Å². The summed E-state index contributed by atoms with van der Waals surface area (Å²) in [6, 6.07) is 16.1. The van der Waals surface area contributed by atoms with Crippen molar-refractivity contribution in [2.75, 3.05) is 38.5 Å². The number of fused-ring (bicyclic) bond motifs is 1. The lowest BCUT2D eigenvalue weighted by Gasteiger charge is -2.40. The fraction of sp³-hybridized carbons (Fsp3) is 0.440. The van der Waals surface area contributed by atoms with Gasteiger partial charge in [-0.05, 0) is 48.4 Å². The molecule has 0 unspecified atom stereocenters. The predicted molar refractivity (Wildman–Crippen MR) is 123 cm³/mol. The Morgan fingerprint density at radius 3 is 2.61 bits per heavy atom. The maximum Gasteiger partial charge on any atom is 0.238 e. The second-order valence-electron chi connectivity index (χ2n) is 8.52. The average molecular weight is 421 g/mol. The van der Waals surface area contributed by atoms with Crippen LogP contribution in [0.4, 0.5) is 5.69 Å². The van der Waals surface area contributed by atoms with Gasteiger partial charge >= 0.3 is 0 Å². The Kier molecular flexibility index (Phi) is 6.99. The van der Waals surface area contributed by atoms with Gasteiger partial charge in [-0.25, -0.2) is 0 Å². The molecule has 0 radical (unpaired) electrons. The summed E-state index contributed by atoms with van der Waals surface area (Å²) in [5.41, 5.74) is 4.79. The van der Waals surface area contributed by atoms with E-state index in [0.717, 1.165) is 31.6 Å². The molecule has 0 bridgehead atoms. The minimum atomic E-state index is -0.335. The number of piperazine rings is 1. The number of hydrogen-bond acceptors (Lipinski definition) is 4. The first-order chi connectivity index (χ1) is 15.1. The molecule has 1 atom stereocenters. The zero-order valence-electron chi connectivity index (χ0n) is 18.3. The summed E-state index contributed by atoms with van der Waals surface area (Å²) in [7, 11) is 1.66. The lowest BCUT2D eigenvalue weighted by molar-refractivity contribution is -0.130. The molecule has 6 nitrogen and oxygen atoms in total. The molecule has 1 heterocycles. The van der Waals surface area contributed by atoms with Crippen LogP contribution in [0.5, 0.6) is 0 Å². The number of likely N-dealkylation sites (N-methyl/N-ethyl adjacent to an activating group) is 1. The normalized spacial score (nSPS) is 19.5. The number of rotatable bonds is 6. The number of nitrogens with zero attached hydrogens (tertiary/aromatic N) is 2. The van der Waals surface area contributed by atoms with Crippen LogP contribution in [0.3, 0.4) is 0 Å². The van der Waals surface area contributed by atoms with Crippen LogP contribution in [-0.4, -0.2) is 60.9 Å². The first-order valence-corrected chi connectivity index (χ1v) is 11.3. The maximum absolute atomic E-state index is 12.9. The van der Waals surface area contributed by atoms with Crippen LogP contribution in [0.1, 0.15) is 29.5 Å². The molecule has 0 saturated carbocycles. The van der Waals surface area contributed by atoms with E-state index in [4.69, 9.17) is 0 Å². The molecule has 4 rings (SSSR count). The van der Waals surface area contributed by atoms with E-state index in [0.29, 0.717) is 13.1 Å². The van der Waals surface area contributed by atoms with Gasteiger partial charge in [0, 0.05) is 38.9 Å². The van der Waals surface area contributed by atoms with Gasteiger partial charge in [0.15, 0.2) is 0 Å². The minimum absolute atomic E-state index is 0.0392. The van der Waals surface area contributed by atoms with Crippen LogP contribution in [0, 0.1) is 0 Å². The van der Waals surface area contributed by atoms with Crippen molar-refractivity contribution in [3.05, 3.63) is 65.2 Å². The van der Waals surface area contributed by atoms with Gasteiger partial charge in [-0.1, -0.05) is 42.5 Å². The first-order valence-electron chi connectivity index (χ1n) is 11.3. The van der Waals surface area contributed by atoms with Crippen LogP contribution in [0.25, 0.3) is 0 Å². The number of carbonyl (C=O) groups is 2. The lowest BCUT2D eigenvalue weighted by atomic mass is 9.90. The summed E-state index contributed by atoms with van der Waals surface area (Å²) in [5.74, 6) is -0.0907. The Balaban J connectivity index is 1.40. The number of anilines is 1. The largest absolute Gasteiger partial charge is 0.358 e. The molecule has 2 aromatic rings. The van der Waals surface area contributed by atoms with Crippen molar-refractivity contribution in [3.63, 3.8) is 0 Å². The molecule has 2 amide bonds. The molecule has 1 saturated heterocycles. The number of carbonyl (C=O) groups excluding carboxylic acids is 2. The fourth-order valence-corrected chi connectivity index (χ4v) is 4.74. The van der Waals surface area contributed by atoms with Gasteiger partial charge in [0.1, 0.15) is 6.04 Å². The van der Waals surface area contributed by atoms with Gasteiger partial charge < -0.3 is 10.6 Å². The molecule has 2 N–H and O–H groups in total. The van der Waals surface area contributed by atoms with Gasteiger partial charge in [-0.15, -0.1) is 0 Å². The van der Waals surface area contributed by atoms with Crippen LogP contribution in [0.2, 0.25) is 0 Å². The first kappa shape index (κ1) is 21.5. The molecule has 2 aliphatic rings. The highest BCUT2D eigenvalue weighted by Crippen LogP contribution is 2.28. The van der Waals surface area contributed by atoms with Crippen molar-refractivity contribution in [3.8, 4) is 0 Å². The Bertz CT molecular complexity index is 915. The van der Waals surface area contributed by atoms with E-state index in [9.17, 15) is 9.59 Å². The average Bonchev–Trinajstić information content (AvgIpc) is 2.80. The quantitative estimate of drug-likeness (QED) is 0.754. The number of hydrogen-bond donors (Lipinski definition) is 2. The van der Waals surface area contributed by atoms with Gasteiger partial charge in [0.05, 0.1) is 6.54 Å². The molecular weight excluding hydrogens is 388 g/mol. The van der Waals surface area contributed by atoms with E-state index in [1.165, 1.54) is 29.5 Å². The van der Waals surface area contributed by atoms with Crippen LogP contribution >= 0.6 is 0 Å². The Morgan fingerprint density at radius 2 is 1.81 bits per heavy atom. The Hall–Kier alpha value is -2.70. The zero-order valence-corrected chi connectivity index (χ0v) is 18.3. The van der Waals surface area contributed by atoms with Crippen molar-refractivity contribution >= 4 is 17.5 Å². The molecule has 0 spiro atoms. The summed E-state index contributed by atoms with van der Waals surface area (Å²) < 4.78 is 0. The standard InChI is InChI=1S/C25H32N4O2/c1-26-25(31)23-17-28(16-19-8-3-2-4-9-19)14-15-29(23)18-24(30)27-22-13-7-11-20-10-5-6-12-21(20)22/h2-4,7-9,11,13,23H,5-6,10,12,14-18H2,1H3,(H,26,31)(H,27,30)/t23-/m1/s1. The molecule has 31 heavy (non-hydrogen) atoms. The van der Waals surface area contributed by atoms with Crippen molar-refractivity contribution < 1.29 is 9.59 Å². The Morgan fingerprint density at radius 1 is 1.00 bits per heavy atom. The monoisotopic (exact) mass is 420 g/mol. The highest BCUT2D eigenvalue weighted by atomic mass is 16.2. The highest BCUT2D eigenvalue weighted by molar-refractivity contribution is 5.94. The summed E-state index contributed by atoms with van der Waals surface area (Å²) >= 11 is 0. The topological polar surface area (TPSA) is 64.7 Å². The molecule has 6 heteroatoms. The highest BCUT2D eigenvalue weighted by Gasteiger charge is 2.33. The maximum atomic E-state index is 12.9. The number of amides is 2. The fourth-order valence-electron chi connectivity index (χ4n) is 4.74. The third kappa shape index (κ3) is 5.32. The van der Waals surface area contributed by atoms with E-state index >= 15 is 0 Å². The van der Waals surface area contributed by atoms with Crippen molar-refractivity contribution in [1.82, 2.24) is 15.1 Å². The summed E-state index contributed by atoms with van der Waals surface area (Å²) in [5, 5.41) is 5.89. The van der Waals surface area contributed by atoms with Crippen molar-refractivity contribution in [2.24, 2.45) is 0 Å². The van der Waals surface area contributed by atoms with E-state index in [1.54, 1.807) is 7.05 Å². The summed E-state index contributed by atoms with van der Waals surface area (Å²) in [6.07, 6.45) is 4.49. The van der Waals surface area contributed by atoms with E-state index in [-0.39, 0.29) is 24.4 Å². The second-order valence-corrected chi connectivity index (χ2v) is 8.52. The minimum Gasteiger partial charge on any atom is -0.358 e. The van der Waals surface area contributed by atoms with Crippen LogP contribution < -0.4 is 10.6 Å². The van der Waals surface area contributed by atoms with Gasteiger partial charge in [0.25, 0.3) is 0 Å². The van der Waals surface area contributed by atoms with Gasteiger partial charge in [0.2, 0.25) is 11.8 Å². The molecule has 1 fully saturated rings. The Labute approximate surface area is 184 Å². The molecule has 1 aliphatic carbocycles. The van der Waals surface area contributed by atoms with Crippen LogP contribution in [0.15, 0.2) is 48.5 Å². The second kappa shape index (κ2) is 10.1. The summed E-state index contributed by atoms with van der Waals surface area (Å²) in [4.78, 5) is 29.8. The third-order valence-electron chi connectivity index (χ3n) is 6.39. The zero-order chi connectivity index (χ0) is 21.6. The van der Waals surface area contributed by atoms with Gasteiger partial charge in [-0.3, -0.25) is 19.4 Å². The molecule has 0 aromatic heterocycles. The van der Waals surface area contributed by atoms with E-state index in [2.05, 4.69) is 33.7 Å². The third-order valence-corrected chi connectivity index (χ3v) is 6.39. The molecular formula is C25H32N4O2.